The Morgan fingerprint density at radius 2 is 2.11 bits per heavy atom. The first-order chi connectivity index (χ1) is 9.28. The Labute approximate surface area is 127 Å². The predicted octanol–water partition coefficient (Wildman–Crippen LogP) is 5.55. The molecule has 0 fully saturated rings. The highest BCUT2D eigenvalue weighted by Gasteiger charge is 2.08. The van der Waals surface area contributed by atoms with Crippen molar-refractivity contribution in [1.82, 2.24) is 4.98 Å². The van der Waals surface area contributed by atoms with E-state index in [9.17, 15) is 4.39 Å². The molecule has 4 heteroatoms. The molecule has 1 aliphatic carbocycles. The Morgan fingerprint density at radius 3 is 2.84 bits per heavy atom. The molecule has 0 radical (unpaired) electrons. The lowest BCUT2D eigenvalue weighted by molar-refractivity contribution is 0.636. The van der Waals surface area contributed by atoms with Crippen LogP contribution >= 0.6 is 30.1 Å². The molecule has 19 heavy (non-hydrogen) atoms. The van der Waals surface area contributed by atoms with Crippen molar-refractivity contribution in [3.63, 3.8) is 0 Å². The van der Waals surface area contributed by atoms with Crippen LogP contribution in [0.15, 0.2) is 47.5 Å². The molecule has 0 bridgehead atoms. The van der Waals surface area contributed by atoms with Gasteiger partial charge in [0.05, 0.1) is 5.69 Å². The molecule has 0 saturated carbocycles. The van der Waals surface area contributed by atoms with Crippen molar-refractivity contribution in [2.24, 2.45) is 0 Å². The molecule has 2 aromatic rings. The summed E-state index contributed by atoms with van der Waals surface area (Å²) in [5.41, 5.74) is 1.93. The van der Waals surface area contributed by atoms with Gasteiger partial charge in [-0.05, 0) is 36.6 Å². The van der Waals surface area contributed by atoms with Gasteiger partial charge < -0.3 is 0 Å². The van der Waals surface area contributed by atoms with E-state index >= 15 is 0 Å². The van der Waals surface area contributed by atoms with Gasteiger partial charge in [-0.3, -0.25) is 4.98 Å². The fourth-order valence-electron chi connectivity index (χ4n) is 2.19. The van der Waals surface area contributed by atoms with Gasteiger partial charge in [-0.25, -0.2) is 4.39 Å². The van der Waals surface area contributed by atoms with E-state index in [1.54, 1.807) is 12.3 Å². The van der Waals surface area contributed by atoms with Gasteiger partial charge in [0, 0.05) is 43.1 Å². The van der Waals surface area contributed by atoms with Gasteiger partial charge >= 0.3 is 0 Å². The number of rotatable bonds is 2. The molecule has 1 nitrogen and oxygen atoms in total. The zero-order chi connectivity index (χ0) is 13.2. The van der Waals surface area contributed by atoms with Crippen molar-refractivity contribution in [2.45, 2.75) is 17.7 Å². The quantitative estimate of drug-likeness (QED) is 0.631. The van der Waals surface area contributed by atoms with E-state index in [2.05, 4.69) is 44.4 Å². The van der Waals surface area contributed by atoms with E-state index in [1.807, 2.05) is 12.1 Å². The largest absolute Gasteiger partial charge is 0.256 e. The van der Waals surface area contributed by atoms with Crippen LogP contribution in [0.4, 0.5) is 4.39 Å². The van der Waals surface area contributed by atoms with Crippen LogP contribution in [0.5, 0.6) is 0 Å². The molecule has 0 N–H and O–H groups in total. The number of hydrogen-bond donors (Lipinski definition) is 0. The highest BCUT2D eigenvalue weighted by molar-refractivity contribution is 14.2. The summed E-state index contributed by atoms with van der Waals surface area (Å²) >= 11 is 2.16. The maximum Gasteiger partial charge on any atom is 0.132 e. The molecule has 0 saturated heterocycles. The average molecular weight is 383 g/mol. The van der Waals surface area contributed by atoms with E-state index in [0.29, 0.717) is 5.39 Å². The molecule has 1 aliphatic rings. The minimum atomic E-state index is -0.180. The zero-order valence-electron chi connectivity index (χ0n) is 10.1. The first-order valence-electron chi connectivity index (χ1n) is 6.03. The highest BCUT2D eigenvalue weighted by atomic mass is 127. The minimum Gasteiger partial charge on any atom is -0.256 e. The SMILES string of the molecule is Fc1cc(SI)cc2cnc(C3=CCCC=C3)cc12. The lowest BCUT2D eigenvalue weighted by Crippen LogP contribution is -1.92. The smallest absolute Gasteiger partial charge is 0.132 e. The number of pyridine rings is 1. The van der Waals surface area contributed by atoms with E-state index in [1.165, 1.54) is 8.93 Å². The van der Waals surface area contributed by atoms with Gasteiger partial charge in [0.1, 0.15) is 5.82 Å². The maximum atomic E-state index is 14.1. The topological polar surface area (TPSA) is 12.9 Å². The molecule has 0 aliphatic heterocycles. The number of nitrogens with zero attached hydrogens (tertiary/aromatic N) is 1. The maximum absolute atomic E-state index is 14.1. The Balaban J connectivity index is 2.13. The second-order valence-corrected chi connectivity index (χ2v) is 6.36. The summed E-state index contributed by atoms with van der Waals surface area (Å²) in [7, 11) is 1.51. The molecule has 1 aromatic carbocycles. The normalized spacial score (nSPS) is 14.7. The van der Waals surface area contributed by atoms with Crippen LogP contribution in [0.25, 0.3) is 16.3 Å². The molecule has 0 amide bonds. The van der Waals surface area contributed by atoms with Crippen molar-refractivity contribution in [2.75, 3.05) is 0 Å². The molecule has 0 atom stereocenters. The number of halogens is 2. The first kappa shape index (κ1) is 13.1. The number of aromatic nitrogens is 1. The number of fused-ring (bicyclic) bond motifs is 1. The van der Waals surface area contributed by atoms with E-state index in [4.69, 9.17) is 0 Å². The summed E-state index contributed by atoms with van der Waals surface area (Å²) in [6.45, 7) is 0. The molecule has 0 unspecified atom stereocenters. The van der Waals surface area contributed by atoms with Gasteiger partial charge in [-0.2, -0.15) is 0 Å². The third-order valence-electron chi connectivity index (χ3n) is 3.14. The van der Waals surface area contributed by atoms with Crippen LogP contribution in [-0.2, 0) is 0 Å². The molecule has 1 heterocycles. The second kappa shape index (κ2) is 5.63. The van der Waals surface area contributed by atoms with E-state index in [-0.39, 0.29) is 5.82 Å². The number of hydrogen-bond acceptors (Lipinski definition) is 2. The molecular formula is C15H11FINS. The predicted molar refractivity (Wildman–Crippen MR) is 87.9 cm³/mol. The molecular weight excluding hydrogens is 372 g/mol. The number of benzene rings is 1. The third kappa shape index (κ3) is 2.69. The van der Waals surface area contributed by atoms with Gasteiger partial charge in [-0.15, -0.1) is 0 Å². The Bertz CT molecular complexity index is 694. The van der Waals surface area contributed by atoms with Gasteiger partial charge in [0.2, 0.25) is 0 Å². The van der Waals surface area contributed by atoms with Crippen LogP contribution in [0.1, 0.15) is 18.5 Å². The monoisotopic (exact) mass is 383 g/mol. The van der Waals surface area contributed by atoms with Crippen LogP contribution in [0.3, 0.4) is 0 Å². The Morgan fingerprint density at radius 1 is 1.21 bits per heavy atom. The van der Waals surface area contributed by atoms with Crippen molar-refractivity contribution < 1.29 is 4.39 Å². The fraction of sp³-hybridized carbons (Fsp3) is 0.133. The molecule has 96 valence electrons. The summed E-state index contributed by atoms with van der Waals surface area (Å²) in [6, 6.07) is 5.39. The van der Waals surface area contributed by atoms with Crippen LogP contribution < -0.4 is 0 Å². The van der Waals surface area contributed by atoms with Crippen LogP contribution in [0, 0.1) is 5.82 Å². The Kier molecular flexibility index (Phi) is 3.88. The highest BCUT2D eigenvalue weighted by Crippen LogP contribution is 2.31. The van der Waals surface area contributed by atoms with Gasteiger partial charge in [-0.1, -0.05) is 27.2 Å². The van der Waals surface area contributed by atoms with E-state index in [0.717, 1.165) is 34.4 Å². The van der Waals surface area contributed by atoms with Crippen molar-refractivity contribution in [3.05, 3.63) is 54.1 Å². The van der Waals surface area contributed by atoms with Gasteiger partial charge in [0.15, 0.2) is 0 Å². The van der Waals surface area contributed by atoms with Crippen molar-refractivity contribution in [1.29, 1.82) is 0 Å². The lowest BCUT2D eigenvalue weighted by atomic mass is 10.0. The molecule has 3 rings (SSSR count). The number of allylic oxidation sites excluding steroid dienone is 4. The fourth-order valence-corrected chi connectivity index (χ4v) is 3.27. The van der Waals surface area contributed by atoms with Crippen LogP contribution in [-0.4, -0.2) is 4.98 Å². The summed E-state index contributed by atoms with van der Waals surface area (Å²) < 4.78 is 14.1. The summed E-state index contributed by atoms with van der Waals surface area (Å²) in [6.07, 6.45) is 10.2. The average Bonchev–Trinajstić information content (AvgIpc) is 2.47. The zero-order valence-corrected chi connectivity index (χ0v) is 13.0. The summed E-state index contributed by atoms with van der Waals surface area (Å²) in [4.78, 5) is 5.36. The molecule has 1 aromatic heterocycles. The summed E-state index contributed by atoms with van der Waals surface area (Å²) in [5, 5.41) is 1.49. The molecule has 0 spiro atoms. The van der Waals surface area contributed by atoms with Crippen molar-refractivity contribution >= 4 is 46.5 Å². The lowest BCUT2D eigenvalue weighted by Gasteiger charge is -2.08. The Hall–Kier alpha value is -0.880. The van der Waals surface area contributed by atoms with E-state index < -0.39 is 0 Å². The summed E-state index contributed by atoms with van der Waals surface area (Å²) in [5.74, 6) is -0.180. The van der Waals surface area contributed by atoms with Crippen LogP contribution in [0.2, 0.25) is 0 Å². The second-order valence-electron chi connectivity index (χ2n) is 4.41. The third-order valence-corrected chi connectivity index (χ3v) is 5.08. The van der Waals surface area contributed by atoms with Gasteiger partial charge in [0.25, 0.3) is 0 Å². The van der Waals surface area contributed by atoms with Crippen molar-refractivity contribution in [3.8, 4) is 0 Å². The standard InChI is InChI=1S/C15H11FINS/c16-14-7-12(19-17)6-11-9-18-15(8-13(11)14)10-4-2-1-3-5-10/h2,4-9H,1,3H2. The minimum absolute atomic E-state index is 0.180. The first-order valence-corrected chi connectivity index (χ1v) is 9.39.